The van der Waals surface area contributed by atoms with Crippen LogP contribution in [0, 0.1) is 6.92 Å². The van der Waals surface area contributed by atoms with E-state index in [1.807, 2.05) is 36.7 Å². The molecule has 6 nitrogen and oxygen atoms in total. The molecule has 3 rings (SSSR count). The maximum absolute atomic E-state index is 4.24. The van der Waals surface area contributed by atoms with Crippen molar-refractivity contribution in [2.75, 3.05) is 5.32 Å². The van der Waals surface area contributed by atoms with Crippen molar-refractivity contribution in [3.8, 4) is 5.69 Å². The van der Waals surface area contributed by atoms with Crippen molar-refractivity contribution in [2.24, 2.45) is 0 Å². The molecule has 2 aromatic heterocycles. The Morgan fingerprint density at radius 3 is 3.05 bits per heavy atom. The van der Waals surface area contributed by atoms with Crippen LogP contribution in [0.25, 0.3) is 5.69 Å². The van der Waals surface area contributed by atoms with Crippen LogP contribution in [0.3, 0.4) is 0 Å². The van der Waals surface area contributed by atoms with Crippen molar-refractivity contribution in [1.29, 1.82) is 0 Å². The summed E-state index contributed by atoms with van der Waals surface area (Å²) in [6.45, 7) is 2.75. The lowest BCUT2D eigenvalue weighted by Crippen LogP contribution is -2.02. The van der Waals surface area contributed by atoms with Crippen LogP contribution in [-0.2, 0) is 6.54 Å². The smallest absolute Gasteiger partial charge is 0.143 e. The number of benzene rings is 1. The quantitative estimate of drug-likeness (QED) is 0.787. The second-order valence-electron chi connectivity index (χ2n) is 4.04. The van der Waals surface area contributed by atoms with Gasteiger partial charge < -0.3 is 5.32 Å². The molecule has 3 aromatic rings. The maximum atomic E-state index is 4.24. The van der Waals surface area contributed by atoms with E-state index in [4.69, 9.17) is 0 Å². The summed E-state index contributed by atoms with van der Waals surface area (Å²) in [6, 6.07) is 6.11. The van der Waals surface area contributed by atoms with Crippen molar-refractivity contribution >= 4 is 17.0 Å². The highest BCUT2D eigenvalue weighted by Gasteiger charge is 2.04. The second kappa shape index (κ2) is 5.15. The molecule has 0 aliphatic heterocycles. The average molecular weight is 272 g/mol. The number of hydrogen-bond acceptors (Lipinski definition) is 6. The first-order valence-corrected chi connectivity index (χ1v) is 6.67. The van der Waals surface area contributed by atoms with E-state index in [1.165, 1.54) is 0 Å². The molecule has 0 aliphatic rings. The van der Waals surface area contributed by atoms with Crippen molar-refractivity contribution in [3.63, 3.8) is 0 Å². The van der Waals surface area contributed by atoms with Crippen molar-refractivity contribution in [1.82, 2.24) is 25.2 Å². The number of aromatic nitrogens is 5. The molecule has 0 bridgehead atoms. The zero-order chi connectivity index (χ0) is 13.1. The fourth-order valence-corrected chi connectivity index (χ4v) is 2.31. The van der Waals surface area contributed by atoms with E-state index in [9.17, 15) is 0 Å². The van der Waals surface area contributed by atoms with Gasteiger partial charge in [-0.05, 0) is 35.0 Å². The molecule has 0 radical (unpaired) electrons. The standard InChI is InChI=1S/C12H12N6S/c1-9-2-3-10(14-7-12-13-4-5-19-12)6-11(9)18-8-15-16-17-18/h2-6,8,14H,7H2,1H3. The Morgan fingerprint density at radius 2 is 2.32 bits per heavy atom. The van der Waals surface area contributed by atoms with Crippen LogP contribution in [-0.4, -0.2) is 25.2 Å². The highest BCUT2D eigenvalue weighted by molar-refractivity contribution is 7.09. The normalized spacial score (nSPS) is 10.6. The van der Waals surface area contributed by atoms with Gasteiger partial charge in [-0.1, -0.05) is 6.07 Å². The Morgan fingerprint density at radius 1 is 1.37 bits per heavy atom. The molecule has 0 aliphatic carbocycles. The lowest BCUT2D eigenvalue weighted by Gasteiger charge is -2.09. The van der Waals surface area contributed by atoms with Crippen LogP contribution in [0.4, 0.5) is 5.69 Å². The lowest BCUT2D eigenvalue weighted by molar-refractivity contribution is 0.785. The monoisotopic (exact) mass is 272 g/mol. The van der Waals surface area contributed by atoms with Crippen molar-refractivity contribution < 1.29 is 0 Å². The molecule has 2 heterocycles. The van der Waals surface area contributed by atoms with Gasteiger partial charge in [0.15, 0.2) is 0 Å². The molecular formula is C12H12N6S. The third-order valence-corrected chi connectivity index (χ3v) is 3.51. The molecule has 96 valence electrons. The number of nitrogens with zero attached hydrogens (tertiary/aromatic N) is 5. The third-order valence-electron chi connectivity index (χ3n) is 2.73. The fraction of sp³-hybridized carbons (Fsp3) is 0.167. The van der Waals surface area contributed by atoms with Gasteiger partial charge in [-0.15, -0.1) is 16.4 Å². The van der Waals surface area contributed by atoms with E-state index < -0.39 is 0 Å². The van der Waals surface area contributed by atoms with E-state index in [0.717, 1.165) is 28.5 Å². The Balaban J connectivity index is 1.81. The first-order valence-electron chi connectivity index (χ1n) is 5.79. The number of anilines is 1. The van der Waals surface area contributed by atoms with Gasteiger partial charge >= 0.3 is 0 Å². The SMILES string of the molecule is Cc1ccc(NCc2nccs2)cc1-n1cnnn1. The average Bonchev–Trinajstić information content (AvgIpc) is 3.11. The van der Waals surface area contributed by atoms with Gasteiger partial charge in [-0.25, -0.2) is 9.67 Å². The summed E-state index contributed by atoms with van der Waals surface area (Å²) in [7, 11) is 0. The Labute approximate surface area is 114 Å². The van der Waals surface area contributed by atoms with Gasteiger partial charge in [0.25, 0.3) is 0 Å². The minimum absolute atomic E-state index is 0.718. The minimum atomic E-state index is 0.718. The van der Waals surface area contributed by atoms with Crippen LogP contribution in [0.15, 0.2) is 36.1 Å². The zero-order valence-corrected chi connectivity index (χ0v) is 11.1. The summed E-state index contributed by atoms with van der Waals surface area (Å²) in [5.74, 6) is 0. The molecule has 0 atom stereocenters. The largest absolute Gasteiger partial charge is 0.378 e. The van der Waals surface area contributed by atoms with E-state index in [0.29, 0.717) is 0 Å². The minimum Gasteiger partial charge on any atom is -0.378 e. The Kier molecular flexibility index (Phi) is 3.20. The van der Waals surface area contributed by atoms with Gasteiger partial charge in [0.1, 0.15) is 11.3 Å². The predicted molar refractivity (Wildman–Crippen MR) is 73.3 cm³/mol. The van der Waals surface area contributed by atoms with Gasteiger partial charge in [0, 0.05) is 17.3 Å². The van der Waals surface area contributed by atoms with E-state index >= 15 is 0 Å². The van der Waals surface area contributed by atoms with Crippen LogP contribution >= 0.6 is 11.3 Å². The predicted octanol–water partition coefficient (Wildman–Crippen LogP) is 2.04. The first kappa shape index (κ1) is 11.8. The molecule has 1 N–H and O–H groups in total. The highest BCUT2D eigenvalue weighted by atomic mass is 32.1. The van der Waals surface area contributed by atoms with Crippen LogP contribution in [0.1, 0.15) is 10.6 Å². The highest BCUT2D eigenvalue weighted by Crippen LogP contribution is 2.19. The second-order valence-corrected chi connectivity index (χ2v) is 5.01. The van der Waals surface area contributed by atoms with E-state index in [-0.39, 0.29) is 0 Å². The van der Waals surface area contributed by atoms with E-state index in [1.54, 1.807) is 22.3 Å². The molecule has 19 heavy (non-hydrogen) atoms. The van der Waals surface area contributed by atoms with Crippen LogP contribution < -0.4 is 5.32 Å². The lowest BCUT2D eigenvalue weighted by atomic mass is 10.2. The van der Waals surface area contributed by atoms with Gasteiger partial charge in [0.05, 0.1) is 12.2 Å². The van der Waals surface area contributed by atoms with Gasteiger partial charge in [-0.3, -0.25) is 0 Å². The molecule has 7 heteroatoms. The summed E-state index contributed by atoms with van der Waals surface area (Å²) in [6.07, 6.45) is 3.40. The molecular weight excluding hydrogens is 260 g/mol. The molecule has 0 fully saturated rings. The van der Waals surface area contributed by atoms with Gasteiger partial charge in [0.2, 0.25) is 0 Å². The number of rotatable bonds is 4. The molecule has 0 saturated heterocycles. The molecule has 0 saturated carbocycles. The van der Waals surface area contributed by atoms with Crippen LogP contribution in [0.5, 0.6) is 0 Å². The van der Waals surface area contributed by atoms with Gasteiger partial charge in [-0.2, -0.15) is 0 Å². The first-order chi connectivity index (χ1) is 9.33. The maximum Gasteiger partial charge on any atom is 0.143 e. The molecule has 0 spiro atoms. The summed E-state index contributed by atoms with van der Waals surface area (Å²) < 4.78 is 1.66. The van der Waals surface area contributed by atoms with Crippen molar-refractivity contribution in [2.45, 2.75) is 13.5 Å². The van der Waals surface area contributed by atoms with E-state index in [2.05, 4.69) is 25.8 Å². The summed E-state index contributed by atoms with van der Waals surface area (Å²) >= 11 is 1.64. The summed E-state index contributed by atoms with van der Waals surface area (Å²) in [5.41, 5.74) is 3.10. The Hall–Kier alpha value is -2.28. The molecule has 1 aromatic carbocycles. The number of nitrogens with one attached hydrogen (secondary N) is 1. The topological polar surface area (TPSA) is 68.5 Å². The third kappa shape index (κ3) is 2.60. The van der Waals surface area contributed by atoms with Crippen LogP contribution in [0.2, 0.25) is 0 Å². The number of hydrogen-bond donors (Lipinski definition) is 1. The van der Waals surface area contributed by atoms with Crippen molar-refractivity contribution in [3.05, 3.63) is 46.7 Å². The fourth-order valence-electron chi connectivity index (χ4n) is 1.76. The Bertz CT molecular complexity index is 647. The summed E-state index contributed by atoms with van der Waals surface area (Å²) in [4.78, 5) is 4.24. The summed E-state index contributed by atoms with van der Waals surface area (Å²) in [5, 5.41) is 17.6. The number of aryl methyl sites for hydroxylation is 1. The molecule has 0 amide bonds. The number of tetrazole rings is 1. The zero-order valence-electron chi connectivity index (χ0n) is 10.3. The number of thiazole rings is 1. The molecule has 0 unspecified atom stereocenters.